The Bertz CT molecular complexity index is 1070. The maximum Gasteiger partial charge on any atom is 0.414 e. The summed E-state index contributed by atoms with van der Waals surface area (Å²) in [6.07, 6.45) is -4.74. The van der Waals surface area contributed by atoms with Crippen LogP contribution in [0.3, 0.4) is 0 Å². The van der Waals surface area contributed by atoms with Crippen molar-refractivity contribution >= 4 is 18.0 Å². The number of nitrogens with one attached hydrogen (secondary N) is 1. The monoisotopic (exact) mass is 511 g/mol. The van der Waals surface area contributed by atoms with Gasteiger partial charge in [0.25, 0.3) is 5.91 Å². The molecule has 1 aromatic carbocycles. The molecular formula is C21H20F7N3O4. The fourth-order valence-corrected chi connectivity index (χ4v) is 3.41. The number of carbonyl (C=O) groups excluding carboxylic acids is 2. The number of halogens is 7. The predicted octanol–water partition coefficient (Wildman–Crippen LogP) is 4.30. The third kappa shape index (κ3) is 6.81. The molecule has 1 aliphatic rings. The molecule has 2 amide bonds. The lowest BCUT2D eigenvalue weighted by Gasteiger charge is -2.22. The van der Waals surface area contributed by atoms with Gasteiger partial charge in [-0.3, -0.25) is 14.6 Å². The van der Waals surface area contributed by atoms with E-state index in [9.17, 15) is 40.3 Å². The van der Waals surface area contributed by atoms with E-state index in [1.807, 2.05) is 0 Å². The SMILES string of the molecule is C[C@@H]1[C@H](c2ccc(F)c(F)c2OC(F)F)CO[C@@H]1C(F)(F)F.Cc1cnc(C(N)=O)cc1NC=O. The summed E-state index contributed by atoms with van der Waals surface area (Å²) in [5.41, 5.74) is 6.18. The van der Waals surface area contributed by atoms with E-state index in [0.717, 1.165) is 11.6 Å². The highest BCUT2D eigenvalue weighted by atomic mass is 19.4. The Kier molecular flexibility index (Phi) is 9.01. The van der Waals surface area contributed by atoms with Gasteiger partial charge in [0, 0.05) is 29.3 Å². The Morgan fingerprint density at radius 1 is 1.31 bits per heavy atom. The summed E-state index contributed by atoms with van der Waals surface area (Å²) in [5.74, 6) is -7.01. The van der Waals surface area contributed by atoms with Gasteiger partial charge in [-0.15, -0.1) is 0 Å². The van der Waals surface area contributed by atoms with Crippen LogP contribution in [0, 0.1) is 24.5 Å². The summed E-state index contributed by atoms with van der Waals surface area (Å²) in [6.45, 7) is -0.936. The summed E-state index contributed by atoms with van der Waals surface area (Å²) in [7, 11) is 0. The Morgan fingerprint density at radius 3 is 2.49 bits per heavy atom. The minimum atomic E-state index is -4.64. The number of amides is 2. The molecule has 0 unspecified atom stereocenters. The molecule has 0 saturated carbocycles. The number of hydrogen-bond donors (Lipinski definition) is 2. The standard InChI is InChI=1S/C13H11F7O2.C8H9N3O2/c1-5-7(4-21-11(5)13(18,19)20)6-2-3-8(14)9(15)10(6)22-12(16)17;1-5-3-10-7(8(9)13)2-6(5)11-4-12/h2-3,5,7,11-12H,4H2,1H3;2-4H,1H3,(H2,9,13)(H,10,11,12)/t5-,7-,11+;/m1./s1. The van der Waals surface area contributed by atoms with Gasteiger partial charge in [0.15, 0.2) is 17.7 Å². The van der Waals surface area contributed by atoms with Crippen molar-refractivity contribution in [2.45, 2.75) is 38.7 Å². The van der Waals surface area contributed by atoms with E-state index >= 15 is 0 Å². The first-order valence-corrected chi connectivity index (χ1v) is 9.85. The second-order valence-corrected chi connectivity index (χ2v) is 7.43. The van der Waals surface area contributed by atoms with Gasteiger partial charge in [-0.05, 0) is 24.6 Å². The van der Waals surface area contributed by atoms with Crippen LogP contribution in [0.15, 0.2) is 24.4 Å². The quantitative estimate of drug-likeness (QED) is 0.445. The molecule has 35 heavy (non-hydrogen) atoms. The fraction of sp³-hybridized carbons (Fsp3) is 0.381. The van der Waals surface area contributed by atoms with Crippen molar-refractivity contribution in [3.63, 3.8) is 0 Å². The van der Waals surface area contributed by atoms with Crippen molar-refractivity contribution < 1.29 is 49.8 Å². The molecule has 7 nitrogen and oxygen atoms in total. The van der Waals surface area contributed by atoms with E-state index < -0.39 is 60.6 Å². The van der Waals surface area contributed by atoms with Gasteiger partial charge < -0.3 is 20.5 Å². The Hall–Kier alpha value is -3.42. The number of aryl methyl sites for hydroxylation is 1. The second kappa shape index (κ2) is 11.3. The fourth-order valence-electron chi connectivity index (χ4n) is 3.41. The number of nitrogens with two attached hydrogens (primary N) is 1. The molecule has 3 rings (SSSR count). The number of ether oxygens (including phenoxy) is 2. The Labute approximate surface area is 194 Å². The van der Waals surface area contributed by atoms with Gasteiger partial charge in [0.1, 0.15) is 5.69 Å². The van der Waals surface area contributed by atoms with Crippen molar-refractivity contribution in [1.82, 2.24) is 4.98 Å². The molecule has 2 heterocycles. The summed E-state index contributed by atoms with van der Waals surface area (Å²) < 4.78 is 98.3. The summed E-state index contributed by atoms with van der Waals surface area (Å²) in [6, 6.07) is 3.02. The third-order valence-electron chi connectivity index (χ3n) is 5.15. The van der Waals surface area contributed by atoms with Crippen LogP contribution < -0.4 is 15.8 Å². The van der Waals surface area contributed by atoms with Crippen molar-refractivity contribution in [2.75, 3.05) is 11.9 Å². The normalized spacial score (nSPS) is 19.7. The molecule has 1 aromatic heterocycles. The van der Waals surface area contributed by atoms with Crippen LogP contribution in [0.4, 0.5) is 36.4 Å². The average molecular weight is 511 g/mol. The topological polar surface area (TPSA) is 104 Å². The highest BCUT2D eigenvalue weighted by Crippen LogP contribution is 2.45. The van der Waals surface area contributed by atoms with Gasteiger partial charge >= 0.3 is 12.8 Å². The molecule has 0 radical (unpaired) electrons. The lowest BCUT2D eigenvalue weighted by molar-refractivity contribution is -0.215. The van der Waals surface area contributed by atoms with Gasteiger partial charge in [-0.25, -0.2) is 4.39 Å². The zero-order valence-corrected chi connectivity index (χ0v) is 18.2. The first kappa shape index (κ1) is 27.8. The zero-order chi connectivity index (χ0) is 26.5. The molecule has 0 spiro atoms. The largest absolute Gasteiger partial charge is 0.431 e. The van der Waals surface area contributed by atoms with E-state index in [-0.39, 0.29) is 11.3 Å². The molecule has 1 aliphatic heterocycles. The Morgan fingerprint density at radius 2 is 1.97 bits per heavy atom. The lowest BCUT2D eigenvalue weighted by atomic mass is 9.86. The van der Waals surface area contributed by atoms with Crippen LogP contribution >= 0.6 is 0 Å². The number of alkyl halides is 5. The maximum atomic E-state index is 13.6. The van der Waals surface area contributed by atoms with Crippen molar-refractivity contribution in [2.24, 2.45) is 11.7 Å². The molecule has 192 valence electrons. The number of anilines is 1. The number of primary amides is 1. The number of benzene rings is 1. The van der Waals surface area contributed by atoms with Crippen LogP contribution in [-0.2, 0) is 9.53 Å². The zero-order valence-electron chi connectivity index (χ0n) is 18.2. The van der Waals surface area contributed by atoms with E-state index in [1.54, 1.807) is 6.92 Å². The van der Waals surface area contributed by atoms with Crippen molar-refractivity contribution in [3.8, 4) is 5.75 Å². The van der Waals surface area contributed by atoms with Crippen molar-refractivity contribution in [3.05, 3.63) is 52.9 Å². The number of carbonyl (C=O) groups is 2. The molecular weight excluding hydrogens is 491 g/mol. The van der Waals surface area contributed by atoms with E-state index in [1.165, 1.54) is 19.2 Å². The number of rotatable bonds is 6. The molecule has 3 N–H and O–H groups in total. The highest BCUT2D eigenvalue weighted by Gasteiger charge is 2.51. The van der Waals surface area contributed by atoms with Gasteiger partial charge in [0.2, 0.25) is 12.2 Å². The lowest BCUT2D eigenvalue weighted by Crippen LogP contribution is -2.33. The van der Waals surface area contributed by atoms with E-state index in [4.69, 9.17) is 5.73 Å². The van der Waals surface area contributed by atoms with Crippen LogP contribution in [0.2, 0.25) is 0 Å². The van der Waals surface area contributed by atoms with Gasteiger partial charge in [0.05, 0.1) is 6.61 Å². The van der Waals surface area contributed by atoms with Crippen molar-refractivity contribution in [1.29, 1.82) is 0 Å². The van der Waals surface area contributed by atoms with Gasteiger partial charge in [-0.1, -0.05) is 13.0 Å². The second-order valence-electron chi connectivity index (χ2n) is 7.43. The molecule has 3 atom stereocenters. The summed E-state index contributed by atoms with van der Waals surface area (Å²) in [5, 5.41) is 2.44. The van der Waals surface area contributed by atoms with Gasteiger partial charge in [-0.2, -0.15) is 26.3 Å². The first-order chi connectivity index (χ1) is 16.3. The number of nitrogens with zero attached hydrogens (tertiary/aromatic N) is 1. The molecule has 0 bridgehead atoms. The Balaban J connectivity index is 0.000000283. The molecule has 14 heteroatoms. The smallest absolute Gasteiger partial charge is 0.414 e. The minimum Gasteiger partial charge on any atom is -0.431 e. The number of hydrogen-bond acceptors (Lipinski definition) is 5. The third-order valence-corrected chi connectivity index (χ3v) is 5.15. The molecule has 1 saturated heterocycles. The molecule has 2 aromatic rings. The summed E-state index contributed by atoms with van der Waals surface area (Å²) >= 11 is 0. The van der Waals surface area contributed by atoms with Crippen LogP contribution in [0.5, 0.6) is 5.75 Å². The number of aromatic nitrogens is 1. The molecule has 1 fully saturated rings. The maximum absolute atomic E-state index is 13.6. The van der Waals surface area contributed by atoms with Crippen LogP contribution in [0.1, 0.15) is 34.5 Å². The van der Waals surface area contributed by atoms with E-state index in [2.05, 4.69) is 19.8 Å². The van der Waals surface area contributed by atoms with Crippen LogP contribution in [-0.4, -0.2) is 42.8 Å². The average Bonchev–Trinajstić information content (AvgIpc) is 3.15. The minimum absolute atomic E-state index is 0.134. The number of pyridine rings is 1. The van der Waals surface area contributed by atoms with Crippen LogP contribution in [0.25, 0.3) is 0 Å². The van der Waals surface area contributed by atoms with E-state index in [0.29, 0.717) is 18.2 Å². The summed E-state index contributed by atoms with van der Waals surface area (Å²) in [4.78, 5) is 24.7. The highest BCUT2D eigenvalue weighted by molar-refractivity contribution is 5.92. The predicted molar refractivity (Wildman–Crippen MR) is 108 cm³/mol. The first-order valence-electron chi connectivity index (χ1n) is 9.85. The molecule has 0 aliphatic carbocycles.